The van der Waals surface area contributed by atoms with E-state index in [1.54, 1.807) is 0 Å². The third-order valence-electron chi connectivity index (χ3n) is 5.75. The maximum Gasteiger partial charge on any atom is 0.255 e. The second kappa shape index (κ2) is 7.42. The quantitative estimate of drug-likeness (QED) is 0.514. The molecule has 0 spiro atoms. The number of imidazole rings is 1. The van der Waals surface area contributed by atoms with Gasteiger partial charge in [0.25, 0.3) is 5.56 Å². The van der Waals surface area contributed by atoms with Gasteiger partial charge in [0, 0.05) is 37.3 Å². The van der Waals surface area contributed by atoms with Crippen LogP contribution in [0.4, 0.5) is 5.69 Å². The van der Waals surface area contributed by atoms with Crippen LogP contribution >= 0.6 is 0 Å². The van der Waals surface area contributed by atoms with Crippen molar-refractivity contribution in [3.63, 3.8) is 0 Å². The van der Waals surface area contributed by atoms with Crippen molar-refractivity contribution in [3.05, 3.63) is 76.0 Å². The minimum Gasteiger partial charge on any atom is -0.399 e. The minimum absolute atomic E-state index is 0.0690. The average molecular weight is 400 g/mol. The van der Waals surface area contributed by atoms with Crippen molar-refractivity contribution < 1.29 is 0 Å². The van der Waals surface area contributed by atoms with E-state index in [4.69, 9.17) is 15.7 Å². The van der Waals surface area contributed by atoms with E-state index in [2.05, 4.69) is 27.4 Å². The fourth-order valence-electron chi connectivity index (χ4n) is 4.19. The summed E-state index contributed by atoms with van der Waals surface area (Å²) in [5.41, 5.74) is 11.0. The van der Waals surface area contributed by atoms with Crippen LogP contribution in [0.15, 0.2) is 53.3 Å². The molecular weight excluding hydrogens is 376 g/mol. The summed E-state index contributed by atoms with van der Waals surface area (Å²) in [5.74, 6) is 1.63. The Morgan fingerprint density at radius 3 is 2.70 bits per heavy atom. The van der Waals surface area contributed by atoms with Gasteiger partial charge in [0.1, 0.15) is 11.6 Å². The van der Waals surface area contributed by atoms with Crippen LogP contribution in [-0.2, 0) is 26.1 Å². The fraction of sp³-hybridized carbons (Fsp3) is 0.261. The lowest BCUT2D eigenvalue weighted by atomic mass is 10.1. The van der Waals surface area contributed by atoms with Crippen molar-refractivity contribution in [3.8, 4) is 11.4 Å². The second-order valence-electron chi connectivity index (χ2n) is 7.68. The van der Waals surface area contributed by atoms with Gasteiger partial charge in [0.15, 0.2) is 0 Å². The highest BCUT2D eigenvalue weighted by Crippen LogP contribution is 2.22. The van der Waals surface area contributed by atoms with Gasteiger partial charge in [0.2, 0.25) is 0 Å². The zero-order chi connectivity index (χ0) is 20.7. The maximum atomic E-state index is 12.8. The zero-order valence-electron chi connectivity index (χ0n) is 16.9. The number of fused-ring (bicyclic) bond motifs is 2. The number of nitrogens with one attached hydrogen (secondary N) is 1. The summed E-state index contributed by atoms with van der Waals surface area (Å²) in [4.78, 5) is 27.6. The van der Waals surface area contributed by atoms with Gasteiger partial charge in [-0.2, -0.15) is 0 Å². The van der Waals surface area contributed by atoms with Crippen LogP contribution < -0.4 is 11.3 Å². The highest BCUT2D eigenvalue weighted by atomic mass is 16.1. The molecule has 7 heteroatoms. The Morgan fingerprint density at radius 2 is 1.90 bits per heavy atom. The first-order chi connectivity index (χ1) is 14.6. The first-order valence-electron chi connectivity index (χ1n) is 10.3. The van der Waals surface area contributed by atoms with Crippen LogP contribution in [-0.4, -0.2) is 31.0 Å². The predicted octanol–water partition coefficient (Wildman–Crippen LogP) is 2.95. The number of anilines is 1. The number of aromatic nitrogens is 4. The molecule has 0 saturated carbocycles. The molecule has 0 atom stereocenters. The van der Waals surface area contributed by atoms with E-state index in [-0.39, 0.29) is 5.56 Å². The van der Waals surface area contributed by atoms with Crippen LogP contribution in [0.1, 0.15) is 24.0 Å². The van der Waals surface area contributed by atoms with Gasteiger partial charge in [-0.3, -0.25) is 9.69 Å². The van der Waals surface area contributed by atoms with Gasteiger partial charge in [-0.25, -0.2) is 9.97 Å². The lowest BCUT2D eigenvalue weighted by Crippen LogP contribution is -2.36. The van der Waals surface area contributed by atoms with Crippen LogP contribution in [0.3, 0.4) is 0 Å². The normalized spacial score (nSPS) is 14.2. The molecule has 0 radical (unpaired) electrons. The molecule has 0 saturated heterocycles. The second-order valence-corrected chi connectivity index (χ2v) is 7.68. The van der Waals surface area contributed by atoms with Crippen LogP contribution in [0.2, 0.25) is 0 Å². The number of hydrogen-bond acceptors (Lipinski definition) is 5. The summed E-state index contributed by atoms with van der Waals surface area (Å²) >= 11 is 0. The number of rotatable bonds is 4. The molecule has 0 unspecified atom stereocenters. The third-order valence-corrected chi connectivity index (χ3v) is 5.75. The van der Waals surface area contributed by atoms with Crippen LogP contribution in [0.5, 0.6) is 0 Å². The van der Waals surface area contributed by atoms with Gasteiger partial charge in [0.05, 0.1) is 28.8 Å². The number of aromatic amines is 1. The van der Waals surface area contributed by atoms with Crippen LogP contribution in [0.25, 0.3) is 22.4 Å². The Labute approximate surface area is 174 Å². The topological polar surface area (TPSA) is 92.8 Å². The summed E-state index contributed by atoms with van der Waals surface area (Å²) in [7, 11) is 0. The van der Waals surface area contributed by atoms with Gasteiger partial charge >= 0.3 is 0 Å². The van der Waals surface area contributed by atoms with Crippen molar-refractivity contribution in [1.29, 1.82) is 0 Å². The van der Waals surface area contributed by atoms with Gasteiger partial charge < -0.3 is 15.3 Å². The Balaban J connectivity index is 1.42. The van der Waals surface area contributed by atoms with Crippen molar-refractivity contribution in [2.75, 3.05) is 12.3 Å². The Morgan fingerprint density at radius 1 is 1.10 bits per heavy atom. The molecule has 3 N–H and O–H groups in total. The molecular formula is C23H24N6O. The number of H-pyrrole nitrogens is 1. The standard InChI is InChI=1S/C23H24N6O/c1-2-29-20-6-4-3-5-19(20)25-21(29)14-28-12-11-18-17(13-28)23(30)27-22(26-18)15-7-9-16(24)10-8-15/h3-10H,2,11-14,24H2,1H3,(H,26,27,30). The summed E-state index contributed by atoms with van der Waals surface area (Å²) in [6.45, 7) is 5.13. The van der Waals surface area contributed by atoms with Crippen molar-refractivity contribution in [2.45, 2.75) is 33.0 Å². The molecule has 5 rings (SSSR count). The Hall–Kier alpha value is -3.45. The fourth-order valence-corrected chi connectivity index (χ4v) is 4.19. The molecule has 0 aliphatic carbocycles. The summed E-state index contributed by atoms with van der Waals surface area (Å²) < 4.78 is 2.25. The summed E-state index contributed by atoms with van der Waals surface area (Å²) in [6.07, 6.45) is 0.744. The SMILES string of the molecule is CCn1c(CN2CCc3nc(-c4ccc(N)cc4)[nH]c(=O)c3C2)nc2ccccc21. The monoisotopic (exact) mass is 400 g/mol. The molecule has 30 heavy (non-hydrogen) atoms. The van der Waals surface area contributed by atoms with E-state index in [0.29, 0.717) is 24.6 Å². The summed E-state index contributed by atoms with van der Waals surface area (Å²) in [6, 6.07) is 15.6. The highest BCUT2D eigenvalue weighted by Gasteiger charge is 2.23. The number of nitrogen functional groups attached to an aromatic ring is 1. The number of nitrogens with zero attached hydrogens (tertiary/aromatic N) is 4. The highest BCUT2D eigenvalue weighted by molar-refractivity contribution is 5.75. The molecule has 1 aliphatic heterocycles. The number of hydrogen-bond donors (Lipinski definition) is 2. The Bertz CT molecular complexity index is 1270. The molecule has 3 heterocycles. The molecule has 1 aliphatic rings. The van der Waals surface area contributed by atoms with Gasteiger partial charge in [-0.1, -0.05) is 12.1 Å². The van der Waals surface area contributed by atoms with Gasteiger partial charge in [-0.05, 0) is 43.3 Å². The van der Waals surface area contributed by atoms with E-state index in [1.807, 2.05) is 42.5 Å². The molecule has 0 fully saturated rings. The largest absolute Gasteiger partial charge is 0.399 e. The van der Waals surface area contributed by atoms with Crippen molar-refractivity contribution >= 4 is 16.7 Å². The van der Waals surface area contributed by atoms with Crippen molar-refractivity contribution in [2.24, 2.45) is 0 Å². The number of benzene rings is 2. The smallest absolute Gasteiger partial charge is 0.255 e. The minimum atomic E-state index is -0.0690. The predicted molar refractivity (Wildman–Crippen MR) is 118 cm³/mol. The molecule has 2 aromatic heterocycles. The van der Waals surface area contributed by atoms with Crippen LogP contribution in [0, 0.1) is 0 Å². The van der Waals surface area contributed by atoms with Crippen molar-refractivity contribution in [1.82, 2.24) is 24.4 Å². The molecule has 0 bridgehead atoms. The lowest BCUT2D eigenvalue weighted by molar-refractivity contribution is 0.233. The van der Waals surface area contributed by atoms with Gasteiger partial charge in [-0.15, -0.1) is 0 Å². The average Bonchev–Trinajstić information content (AvgIpc) is 3.11. The number of aryl methyl sites for hydroxylation is 1. The molecule has 2 aromatic carbocycles. The first kappa shape index (κ1) is 18.6. The first-order valence-corrected chi connectivity index (χ1v) is 10.3. The number of nitrogens with two attached hydrogens (primary N) is 1. The molecule has 4 aromatic rings. The van der Waals surface area contributed by atoms with E-state index in [1.165, 1.54) is 0 Å². The molecule has 152 valence electrons. The van der Waals surface area contributed by atoms with E-state index in [9.17, 15) is 4.79 Å². The Kier molecular flexibility index (Phi) is 4.59. The molecule has 0 amide bonds. The lowest BCUT2D eigenvalue weighted by Gasteiger charge is -2.27. The van der Waals surface area contributed by atoms with E-state index < -0.39 is 0 Å². The maximum absolute atomic E-state index is 12.8. The third kappa shape index (κ3) is 3.27. The van der Waals surface area contributed by atoms with E-state index >= 15 is 0 Å². The number of para-hydroxylation sites is 2. The molecule has 7 nitrogen and oxygen atoms in total. The zero-order valence-corrected chi connectivity index (χ0v) is 16.9. The van der Waals surface area contributed by atoms with E-state index in [0.717, 1.165) is 53.2 Å². The summed E-state index contributed by atoms with van der Waals surface area (Å²) in [5, 5.41) is 0.